The van der Waals surface area contributed by atoms with Crippen LogP contribution in [0.15, 0.2) is 18.2 Å². The van der Waals surface area contributed by atoms with Crippen LogP contribution in [0.4, 0.5) is 5.69 Å². The van der Waals surface area contributed by atoms with Crippen LogP contribution in [-0.2, 0) is 4.79 Å². The molecule has 0 spiro atoms. The molecule has 2 rings (SSSR count). The fourth-order valence-corrected chi connectivity index (χ4v) is 3.25. The number of ether oxygens (including phenoxy) is 1. The summed E-state index contributed by atoms with van der Waals surface area (Å²) in [4.78, 5) is 14.4. The minimum Gasteiger partial charge on any atom is -0.495 e. The van der Waals surface area contributed by atoms with Gasteiger partial charge in [0.25, 0.3) is 0 Å². The normalized spacial score (nSPS) is 20.1. The molecule has 1 aliphatic rings. The topological polar surface area (TPSA) is 61.8 Å². The van der Waals surface area contributed by atoms with Gasteiger partial charge in [0.2, 0.25) is 5.91 Å². The Bertz CT molecular complexity index is 537. The van der Waals surface area contributed by atoms with Gasteiger partial charge in [-0.25, -0.2) is 0 Å². The van der Waals surface area contributed by atoms with Crippen molar-refractivity contribution in [2.24, 2.45) is 0 Å². The number of halogens is 1. The summed E-state index contributed by atoms with van der Waals surface area (Å²) in [5.74, 6) is 0.503. The van der Waals surface area contributed by atoms with Gasteiger partial charge in [-0.2, -0.15) is 0 Å². The average molecular weight is 341 g/mol. The number of benzene rings is 1. The van der Waals surface area contributed by atoms with E-state index in [-0.39, 0.29) is 18.1 Å². The number of nitrogens with zero attached hydrogens (tertiary/aromatic N) is 1. The molecule has 6 heteroatoms. The molecule has 2 unspecified atom stereocenters. The van der Waals surface area contributed by atoms with Crippen molar-refractivity contribution in [3.8, 4) is 5.75 Å². The zero-order chi connectivity index (χ0) is 16.8. The highest BCUT2D eigenvalue weighted by Gasteiger charge is 2.26. The van der Waals surface area contributed by atoms with Crippen molar-refractivity contribution in [2.75, 3.05) is 25.5 Å². The fraction of sp³-hybridized carbons (Fsp3) is 0.588. The highest BCUT2D eigenvalue weighted by molar-refractivity contribution is 6.31. The van der Waals surface area contributed by atoms with Crippen LogP contribution < -0.4 is 10.1 Å². The van der Waals surface area contributed by atoms with Crippen LogP contribution in [0.5, 0.6) is 5.75 Å². The highest BCUT2D eigenvalue weighted by atomic mass is 35.5. The van der Waals surface area contributed by atoms with Crippen molar-refractivity contribution in [2.45, 2.75) is 44.8 Å². The molecule has 1 amide bonds. The van der Waals surface area contributed by atoms with Gasteiger partial charge in [-0.1, -0.05) is 18.0 Å². The van der Waals surface area contributed by atoms with Gasteiger partial charge in [0.05, 0.1) is 18.9 Å². The van der Waals surface area contributed by atoms with E-state index in [1.54, 1.807) is 25.3 Å². The van der Waals surface area contributed by atoms with E-state index < -0.39 is 0 Å². The summed E-state index contributed by atoms with van der Waals surface area (Å²) >= 11 is 5.97. The maximum absolute atomic E-state index is 12.2. The Hall–Kier alpha value is -1.30. The lowest BCUT2D eigenvalue weighted by molar-refractivity contribution is -0.116. The summed E-state index contributed by atoms with van der Waals surface area (Å²) in [5.41, 5.74) is 0.579. The Morgan fingerprint density at radius 2 is 2.30 bits per heavy atom. The molecular weight excluding hydrogens is 316 g/mol. The van der Waals surface area contributed by atoms with E-state index in [1.165, 1.54) is 0 Å². The van der Waals surface area contributed by atoms with Crippen LogP contribution >= 0.6 is 11.6 Å². The molecule has 0 saturated carbocycles. The number of aliphatic hydroxyl groups excluding tert-OH is 1. The Balaban J connectivity index is 1.91. The highest BCUT2D eigenvalue weighted by Crippen LogP contribution is 2.28. The monoisotopic (exact) mass is 340 g/mol. The number of likely N-dealkylation sites (tertiary alicyclic amines) is 1. The number of methoxy groups -OCH3 is 1. The van der Waals surface area contributed by atoms with Gasteiger partial charge in [-0.05, 0) is 44.5 Å². The summed E-state index contributed by atoms with van der Waals surface area (Å²) in [6.45, 7) is 3.40. The molecule has 2 N–H and O–H groups in total. The molecule has 1 heterocycles. The number of rotatable bonds is 6. The smallest absolute Gasteiger partial charge is 0.225 e. The van der Waals surface area contributed by atoms with Crippen LogP contribution in [0, 0.1) is 0 Å². The van der Waals surface area contributed by atoms with Crippen molar-refractivity contribution in [3.05, 3.63) is 23.2 Å². The van der Waals surface area contributed by atoms with E-state index in [1.807, 2.05) is 6.92 Å². The first kappa shape index (κ1) is 18.0. The standard InChI is InChI=1S/C17H25ClN2O3/c1-12(21)15-5-3-4-9-20(15)10-8-17(22)19-14-11-13(18)6-7-16(14)23-2/h6-7,11-12,15,21H,3-5,8-10H2,1-2H3,(H,19,22). The molecule has 0 aliphatic carbocycles. The lowest BCUT2D eigenvalue weighted by Gasteiger charge is -2.37. The van der Waals surface area contributed by atoms with E-state index in [0.717, 1.165) is 25.8 Å². The van der Waals surface area contributed by atoms with Crippen LogP contribution in [0.1, 0.15) is 32.6 Å². The zero-order valence-corrected chi connectivity index (χ0v) is 14.5. The second-order valence-electron chi connectivity index (χ2n) is 5.98. The summed E-state index contributed by atoms with van der Waals surface area (Å²) in [6, 6.07) is 5.28. The summed E-state index contributed by atoms with van der Waals surface area (Å²) in [6.07, 6.45) is 3.25. The quantitative estimate of drug-likeness (QED) is 0.836. The van der Waals surface area contributed by atoms with Gasteiger partial charge >= 0.3 is 0 Å². The zero-order valence-electron chi connectivity index (χ0n) is 13.7. The second-order valence-corrected chi connectivity index (χ2v) is 6.42. The summed E-state index contributed by atoms with van der Waals surface area (Å²) in [5, 5.41) is 13.3. The average Bonchev–Trinajstić information content (AvgIpc) is 2.53. The van der Waals surface area contributed by atoms with E-state index in [9.17, 15) is 9.90 Å². The Morgan fingerprint density at radius 3 is 3.00 bits per heavy atom. The molecule has 128 valence electrons. The molecule has 1 aromatic carbocycles. The van der Waals surface area contributed by atoms with Gasteiger partial charge in [0.15, 0.2) is 0 Å². The number of aliphatic hydroxyl groups is 1. The molecule has 2 atom stereocenters. The van der Waals surface area contributed by atoms with E-state index >= 15 is 0 Å². The molecule has 23 heavy (non-hydrogen) atoms. The van der Waals surface area contributed by atoms with Crippen LogP contribution in [0.25, 0.3) is 0 Å². The van der Waals surface area contributed by atoms with Crippen molar-refractivity contribution in [1.82, 2.24) is 4.90 Å². The lowest BCUT2D eigenvalue weighted by atomic mass is 9.98. The number of carbonyl (C=O) groups is 1. The summed E-state index contributed by atoms with van der Waals surface area (Å²) < 4.78 is 5.23. The lowest BCUT2D eigenvalue weighted by Crippen LogP contribution is -2.46. The van der Waals surface area contributed by atoms with E-state index in [4.69, 9.17) is 16.3 Å². The molecule has 5 nitrogen and oxygen atoms in total. The third-order valence-corrected chi connectivity index (χ3v) is 4.52. The van der Waals surface area contributed by atoms with Gasteiger partial charge < -0.3 is 15.2 Å². The first-order valence-corrected chi connectivity index (χ1v) is 8.44. The Kier molecular flexibility index (Phi) is 6.69. The Morgan fingerprint density at radius 1 is 1.52 bits per heavy atom. The molecule has 1 saturated heterocycles. The van der Waals surface area contributed by atoms with Gasteiger partial charge in [0.1, 0.15) is 5.75 Å². The summed E-state index contributed by atoms with van der Waals surface area (Å²) in [7, 11) is 1.56. The maximum Gasteiger partial charge on any atom is 0.225 e. The van der Waals surface area contributed by atoms with E-state index in [0.29, 0.717) is 29.4 Å². The van der Waals surface area contributed by atoms with Crippen LogP contribution in [-0.4, -0.2) is 48.3 Å². The van der Waals surface area contributed by atoms with Crippen LogP contribution in [0.2, 0.25) is 5.02 Å². The third kappa shape index (κ3) is 5.09. The first-order valence-electron chi connectivity index (χ1n) is 8.06. The molecule has 0 aromatic heterocycles. The predicted octanol–water partition coefficient (Wildman–Crippen LogP) is 2.91. The van der Waals surface area contributed by atoms with Crippen molar-refractivity contribution >= 4 is 23.2 Å². The molecule has 0 radical (unpaired) electrons. The number of amides is 1. The van der Waals surface area contributed by atoms with Crippen molar-refractivity contribution in [3.63, 3.8) is 0 Å². The molecule has 1 aromatic rings. The van der Waals surface area contributed by atoms with Crippen LogP contribution in [0.3, 0.4) is 0 Å². The Labute approximate surface area is 142 Å². The largest absolute Gasteiger partial charge is 0.495 e. The van der Waals surface area contributed by atoms with E-state index in [2.05, 4.69) is 10.2 Å². The number of nitrogens with one attached hydrogen (secondary N) is 1. The number of hydrogen-bond donors (Lipinski definition) is 2. The first-order chi connectivity index (χ1) is 11.0. The predicted molar refractivity (Wildman–Crippen MR) is 92.1 cm³/mol. The van der Waals surface area contributed by atoms with Gasteiger partial charge in [-0.3, -0.25) is 9.69 Å². The third-order valence-electron chi connectivity index (χ3n) is 4.28. The number of hydrogen-bond acceptors (Lipinski definition) is 4. The molecule has 0 bridgehead atoms. The fourth-order valence-electron chi connectivity index (χ4n) is 3.08. The van der Waals surface area contributed by atoms with Gasteiger partial charge in [-0.15, -0.1) is 0 Å². The number of anilines is 1. The molecular formula is C17H25ClN2O3. The maximum atomic E-state index is 12.2. The number of carbonyl (C=O) groups excluding carboxylic acids is 1. The minimum atomic E-state index is -0.369. The molecule has 1 aliphatic heterocycles. The SMILES string of the molecule is COc1ccc(Cl)cc1NC(=O)CCN1CCCCC1C(C)O. The van der Waals surface area contributed by atoms with Crippen molar-refractivity contribution in [1.29, 1.82) is 0 Å². The molecule has 1 fully saturated rings. The van der Waals surface area contributed by atoms with Gasteiger partial charge in [0, 0.05) is 24.0 Å². The van der Waals surface area contributed by atoms with Crippen molar-refractivity contribution < 1.29 is 14.6 Å². The minimum absolute atomic E-state index is 0.0829. The number of piperidine rings is 1. The second kappa shape index (κ2) is 8.52.